The van der Waals surface area contributed by atoms with Gasteiger partial charge in [-0.2, -0.15) is 0 Å². The number of rotatable bonds is 8. The smallest absolute Gasteiger partial charge is 0.240 e. The Bertz CT molecular complexity index is 770. The van der Waals surface area contributed by atoms with Crippen LogP contribution in [-0.2, 0) is 14.8 Å². The first-order chi connectivity index (χ1) is 12.6. The van der Waals surface area contributed by atoms with E-state index in [2.05, 4.69) is 15.7 Å². The van der Waals surface area contributed by atoms with E-state index in [1.165, 1.54) is 0 Å². The van der Waals surface area contributed by atoms with Gasteiger partial charge in [0.1, 0.15) is 5.75 Å². The fraction of sp³-hybridized carbons (Fsp3) is 0.444. The summed E-state index contributed by atoms with van der Waals surface area (Å²) < 4.78 is 38.9. The summed E-state index contributed by atoms with van der Waals surface area (Å²) in [6.07, 6.45) is 0. The molecule has 0 bridgehead atoms. The van der Waals surface area contributed by atoms with Crippen LogP contribution in [0.2, 0.25) is 0 Å². The zero-order valence-corrected chi connectivity index (χ0v) is 16.4. The van der Waals surface area contributed by atoms with Gasteiger partial charge in [-0.05, 0) is 42.6 Å². The minimum Gasteiger partial charge on any atom is -0.494 e. The molecule has 0 unspecified atom stereocenters. The highest BCUT2D eigenvalue weighted by Crippen LogP contribution is 2.26. The Labute approximate surface area is 158 Å². The third-order valence-corrected chi connectivity index (χ3v) is 6.68. The number of sulfonamides is 1. The summed E-state index contributed by atoms with van der Waals surface area (Å²) in [4.78, 5) is 3.67. The standard InChI is InChI=1S/C18H24N2O4S2/c1-2-24-15-5-7-16(8-6-15)26(21,22)19-14-17(18-4-3-13-25-18)20-9-11-23-12-10-20/h3-8,13,17,19H,2,9-12,14H2,1H3/t17-/m0/s1. The van der Waals surface area contributed by atoms with E-state index < -0.39 is 10.0 Å². The molecular weight excluding hydrogens is 372 g/mol. The van der Waals surface area contributed by atoms with Gasteiger partial charge in [-0.3, -0.25) is 4.90 Å². The average molecular weight is 397 g/mol. The van der Waals surface area contributed by atoms with E-state index in [0.717, 1.165) is 18.0 Å². The second-order valence-electron chi connectivity index (χ2n) is 5.94. The van der Waals surface area contributed by atoms with Crippen LogP contribution >= 0.6 is 11.3 Å². The van der Waals surface area contributed by atoms with Crippen molar-refractivity contribution >= 4 is 21.4 Å². The third-order valence-electron chi connectivity index (χ3n) is 4.27. The fourth-order valence-corrected chi connectivity index (χ4v) is 4.83. The van der Waals surface area contributed by atoms with Crippen LogP contribution < -0.4 is 9.46 Å². The van der Waals surface area contributed by atoms with Crippen LogP contribution in [0.25, 0.3) is 0 Å². The van der Waals surface area contributed by atoms with Crippen LogP contribution in [0.4, 0.5) is 0 Å². The highest BCUT2D eigenvalue weighted by atomic mass is 32.2. The maximum Gasteiger partial charge on any atom is 0.240 e. The molecule has 1 saturated heterocycles. The van der Waals surface area contributed by atoms with E-state index in [0.29, 0.717) is 32.1 Å². The van der Waals surface area contributed by atoms with Crippen molar-refractivity contribution in [3.63, 3.8) is 0 Å². The van der Waals surface area contributed by atoms with Gasteiger partial charge < -0.3 is 9.47 Å². The lowest BCUT2D eigenvalue weighted by molar-refractivity contribution is 0.0179. The first kappa shape index (κ1) is 19.3. The Kier molecular flexibility index (Phi) is 6.66. The Morgan fingerprint density at radius 2 is 1.96 bits per heavy atom. The number of morpholine rings is 1. The van der Waals surface area contributed by atoms with Crippen LogP contribution in [0.3, 0.4) is 0 Å². The molecule has 2 aromatic rings. The molecule has 1 aliphatic rings. The second-order valence-corrected chi connectivity index (χ2v) is 8.68. The molecule has 0 saturated carbocycles. The lowest BCUT2D eigenvalue weighted by atomic mass is 10.2. The molecule has 0 radical (unpaired) electrons. The minimum absolute atomic E-state index is 0.0105. The molecule has 1 N–H and O–H groups in total. The van der Waals surface area contributed by atoms with Crippen molar-refractivity contribution in [1.29, 1.82) is 0 Å². The first-order valence-corrected chi connectivity index (χ1v) is 11.0. The maximum absolute atomic E-state index is 12.7. The van der Waals surface area contributed by atoms with Gasteiger partial charge in [0.25, 0.3) is 0 Å². The van der Waals surface area contributed by atoms with Crippen LogP contribution in [0.5, 0.6) is 5.75 Å². The summed E-state index contributed by atoms with van der Waals surface area (Å²) in [5.74, 6) is 0.663. The third kappa shape index (κ3) is 4.83. The molecule has 1 fully saturated rings. The highest BCUT2D eigenvalue weighted by molar-refractivity contribution is 7.89. The average Bonchev–Trinajstić information content (AvgIpc) is 3.18. The normalized spacial score (nSPS) is 17.1. The molecule has 142 valence electrons. The number of nitrogens with one attached hydrogen (secondary N) is 1. The fourth-order valence-electron chi connectivity index (χ4n) is 2.93. The monoisotopic (exact) mass is 396 g/mol. The predicted octanol–water partition coefficient (Wildman–Crippen LogP) is 2.50. The Morgan fingerprint density at radius 3 is 2.58 bits per heavy atom. The molecular formula is C18H24N2O4S2. The molecule has 0 amide bonds. The van der Waals surface area contributed by atoms with Crippen molar-refractivity contribution in [2.45, 2.75) is 17.9 Å². The second kappa shape index (κ2) is 8.96. The first-order valence-electron chi connectivity index (χ1n) is 8.68. The number of hydrogen-bond acceptors (Lipinski definition) is 6. The molecule has 0 aliphatic carbocycles. The molecule has 2 heterocycles. The quantitative estimate of drug-likeness (QED) is 0.743. The summed E-state index contributed by atoms with van der Waals surface area (Å²) in [7, 11) is -3.58. The van der Waals surface area contributed by atoms with Gasteiger partial charge in [0.05, 0.1) is 30.8 Å². The Morgan fingerprint density at radius 1 is 1.23 bits per heavy atom. The van der Waals surface area contributed by atoms with E-state index in [1.807, 2.05) is 18.4 Å². The van der Waals surface area contributed by atoms with Crippen LogP contribution in [0, 0.1) is 0 Å². The zero-order valence-electron chi connectivity index (χ0n) is 14.8. The van der Waals surface area contributed by atoms with Crippen LogP contribution in [0.15, 0.2) is 46.7 Å². The molecule has 1 aliphatic heterocycles. The number of benzene rings is 1. The van der Waals surface area contributed by atoms with Gasteiger partial charge in [-0.1, -0.05) is 6.07 Å². The van der Waals surface area contributed by atoms with Gasteiger partial charge in [0.2, 0.25) is 10.0 Å². The summed E-state index contributed by atoms with van der Waals surface area (Å²) >= 11 is 1.64. The summed E-state index contributed by atoms with van der Waals surface area (Å²) in [6, 6.07) is 10.6. The number of nitrogens with zero attached hydrogens (tertiary/aromatic N) is 1. The summed E-state index contributed by atoms with van der Waals surface area (Å²) in [5.41, 5.74) is 0. The van der Waals surface area contributed by atoms with E-state index in [9.17, 15) is 8.42 Å². The Balaban J connectivity index is 1.70. The van der Waals surface area contributed by atoms with E-state index >= 15 is 0 Å². The van der Waals surface area contributed by atoms with Crippen LogP contribution in [-0.4, -0.2) is 52.8 Å². The van der Waals surface area contributed by atoms with Crippen molar-refractivity contribution < 1.29 is 17.9 Å². The minimum atomic E-state index is -3.58. The zero-order chi connectivity index (χ0) is 18.4. The van der Waals surface area contributed by atoms with Gasteiger partial charge in [-0.25, -0.2) is 13.1 Å². The van der Waals surface area contributed by atoms with Gasteiger partial charge in [0, 0.05) is 24.5 Å². The molecule has 1 aromatic heterocycles. The van der Waals surface area contributed by atoms with Gasteiger partial charge in [0.15, 0.2) is 0 Å². The van der Waals surface area contributed by atoms with E-state index in [1.54, 1.807) is 35.6 Å². The molecule has 0 spiro atoms. The Hall–Kier alpha value is -1.45. The van der Waals surface area contributed by atoms with Crippen molar-refractivity contribution in [2.75, 3.05) is 39.5 Å². The van der Waals surface area contributed by atoms with E-state index in [4.69, 9.17) is 9.47 Å². The van der Waals surface area contributed by atoms with Crippen molar-refractivity contribution in [3.05, 3.63) is 46.7 Å². The maximum atomic E-state index is 12.7. The molecule has 8 heteroatoms. The largest absolute Gasteiger partial charge is 0.494 e. The van der Waals surface area contributed by atoms with Crippen LogP contribution in [0.1, 0.15) is 17.8 Å². The molecule has 6 nitrogen and oxygen atoms in total. The molecule has 26 heavy (non-hydrogen) atoms. The lowest BCUT2D eigenvalue weighted by Crippen LogP contribution is -2.43. The number of hydrogen-bond donors (Lipinski definition) is 1. The summed E-state index contributed by atoms with van der Waals surface area (Å²) in [5, 5.41) is 2.02. The highest BCUT2D eigenvalue weighted by Gasteiger charge is 2.25. The molecule has 1 atom stereocenters. The predicted molar refractivity (Wildman–Crippen MR) is 102 cm³/mol. The number of thiophene rings is 1. The van der Waals surface area contributed by atoms with Gasteiger partial charge in [-0.15, -0.1) is 11.3 Å². The lowest BCUT2D eigenvalue weighted by Gasteiger charge is -2.34. The van der Waals surface area contributed by atoms with Crippen molar-refractivity contribution in [1.82, 2.24) is 9.62 Å². The topological polar surface area (TPSA) is 67.9 Å². The molecule has 1 aromatic carbocycles. The summed E-state index contributed by atoms with van der Waals surface area (Å²) in [6.45, 7) is 5.72. The van der Waals surface area contributed by atoms with Crippen molar-refractivity contribution in [3.8, 4) is 5.75 Å². The number of ether oxygens (including phenoxy) is 2. The SMILES string of the molecule is CCOc1ccc(S(=O)(=O)NC[C@@H](c2cccs2)N2CCOCC2)cc1. The van der Waals surface area contributed by atoms with E-state index in [-0.39, 0.29) is 10.9 Å². The molecule has 3 rings (SSSR count). The van der Waals surface area contributed by atoms with Crippen molar-refractivity contribution in [2.24, 2.45) is 0 Å². The van der Waals surface area contributed by atoms with Gasteiger partial charge >= 0.3 is 0 Å².